The summed E-state index contributed by atoms with van der Waals surface area (Å²) in [6.45, 7) is 8.66. The predicted octanol–water partition coefficient (Wildman–Crippen LogP) is 37.6. The van der Waals surface area contributed by atoms with Gasteiger partial charge in [-0.1, -0.05) is 45.6 Å². The van der Waals surface area contributed by atoms with Crippen molar-refractivity contribution in [3.05, 3.63) is 142 Å². The van der Waals surface area contributed by atoms with E-state index in [9.17, 15) is 31.9 Å². The summed E-state index contributed by atoms with van der Waals surface area (Å²) in [6, 6.07) is 17.7. The number of rotatable bonds is 11. The summed E-state index contributed by atoms with van der Waals surface area (Å²) >= 11 is 0. The normalized spacial score (nSPS) is 9.29. The number of fused-ring (bicyclic) bond motifs is 2. The number of halogens is 69. The molecule has 143 heavy (non-hydrogen) atoms. The number of aromatic amines is 1. The molecular weight excluding hydrogens is 2260 g/mol. The highest BCUT2D eigenvalue weighted by molar-refractivity contribution is 6.05. The topological polar surface area (TPSA) is 287 Å². The lowest BCUT2D eigenvalue weighted by atomic mass is 9.81. The van der Waals surface area contributed by atoms with E-state index in [1.165, 1.54) is 12.4 Å². The first-order valence-corrected chi connectivity index (χ1v) is 28.5. The third-order valence-corrected chi connectivity index (χ3v) is 12.5. The summed E-state index contributed by atoms with van der Waals surface area (Å²) in [5, 5.41) is 27.1. The van der Waals surface area contributed by atoms with Gasteiger partial charge in [0.05, 0.1) is 24.0 Å². The van der Waals surface area contributed by atoms with Crippen LogP contribution in [0.1, 0.15) is 108 Å². The van der Waals surface area contributed by atoms with E-state index < -0.39 is 29.1 Å². The van der Waals surface area contributed by atoms with Crippen molar-refractivity contribution in [2.75, 3.05) is 17.4 Å². The summed E-state index contributed by atoms with van der Waals surface area (Å²) in [4.78, 5) is 56.5. The maximum Gasteiger partial charge on any atom is 0.311 e. The largest absolute Gasteiger partial charge is 0.459 e. The van der Waals surface area contributed by atoms with E-state index in [1.807, 2.05) is 38.1 Å². The van der Waals surface area contributed by atoms with Gasteiger partial charge >= 0.3 is 5.97 Å². The fourth-order valence-electron chi connectivity index (χ4n) is 8.09. The van der Waals surface area contributed by atoms with Crippen LogP contribution >= 0.6 is 0 Å². The van der Waals surface area contributed by atoms with Crippen molar-refractivity contribution >= 4 is 40.5 Å². The standard InChI is InChI=1S/C23H18F2N8O2.C23H17F2N5O2.C6H11N3O2.32F2.FH/c1-12-2-3-14(20-29-22(35-31-20)15-8-23(24,25)9-15)6-16(12)28-21(34)18-11-26-19-7-13(4-5-33(18)19)17-10-27-32-30-17;1-3-14-6-7-30-18(12-26-19(30)8-14)21(31)27-17-9-15(5-4-13(17)2)20-28-22(32-29-20)16-10-23(24,25)11-16;1-6(2,3)5(10)11-4-8-9-7;32*1-2;/h2-7,10-11,15H,8-9H2,1H3,(H,28,34)(H,27,30,32);1,4-9,12,16H,10-11H2,2H3,(H,27,31);4H2,1-3H3;;;;;;;;;;;;;;;;;;;;;;;;;;;;;;;;;1H. The van der Waals surface area contributed by atoms with E-state index in [-0.39, 0.29) is 78.3 Å². The van der Waals surface area contributed by atoms with Gasteiger partial charge < -0.3 is 24.4 Å². The van der Waals surface area contributed by atoms with Gasteiger partial charge in [-0.05, 0) is 87.7 Å². The Kier molecular flexibility index (Phi) is 220. The maximum absolute atomic E-state index is 13.2. The van der Waals surface area contributed by atoms with Gasteiger partial charge in [0.2, 0.25) is 35.3 Å². The number of carbonyl (C=O) groups excluding carboxylic acids is 3. The molecule has 0 unspecified atom stereocenters. The van der Waals surface area contributed by atoms with Crippen molar-refractivity contribution in [1.29, 1.82) is 0 Å². The lowest BCUT2D eigenvalue weighted by molar-refractivity contribution is -0.152. The first kappa shape index (κ1) is 195. The second-order valence-corrected chi connectivity index (χ2v) is 19.4. The zero-order valence-electron chi connectivity index (χ0n) is 66.8. The minimum absolute atomic E-state index is 0. The SMILES string of the molecule is C#Cc1ccn2c(C(=O)Nc3cc(-c4noc(C5CC(F)(F)C5)n4)ccc3C)cnc2c1.CC(C)(C)C(=O)OCN=[N+]=[N-].Cc1ccc(-c2noc(C3CC(F)(F)C3)n2)cc1NC(=O)c1cnc2cc(-c3cn[nH]n3)ccn12.F.FF.FF.FF.FF.FF.FF.FF.FF.FF.FF.FF.FF.FF.FF.FF.FF.FF.FF.FF.FF.FF.FF.FF.FF.FF.FF.FF.FF.FF.FF.FF.FF. The van der Waals surface area contributed by atoms with Gasteiger partial charge in [-0.15, -0.1) is 6.42 Å². The summed E-state index contributed by atoms with van der Waals surface area (Å²) in [7, 11) is 0. The molecule has 7 aromatic heterocycles. The van der Waals surface area contributed by atoms with Gasteiger partial charge in [0.15, 0.2) is 6.73 Å². The third kappa shape index (κ3) is 90.0. The lowest BCUT2D eigenvalue weighted by Crippen LogP contribution is -2.33. The van der Waals surface area contributed by atoms with Crippen molar-refractivity contribution in [3.63, 3.8) is 0 Å². The Morgan fingerprint density at radius 3 is 0.972 bits per heavy atom. The van der Waals surface area contributed by atoms with Gasteiger partial charge in [0.1, 0.15) is 28.4 Å². The van der Waals surface area contributed by atoms with E-state index in [0.29, 0.717) is 56.4 Å². The number of aryl methyl sites for hydroxylation is 2. The maximum atomic E-state index is 13.2. The van der Waals surface area contributed by atoms with Crippen LogP contribution in [0.25, 0.3) is 55.8 Å². The van der Waals surface area contributed by atoms with Crippen LogP contribution in [0.5, 0.6) is 0 Å². The molecule has 0 aliphatic heterocycles. The number of hydrogen-bond donors (Lipinski definition) is 3. The minimum Gasteiger partial charge on any atom is -0.459 e. The molecule has 0 spiro atoms. The zero-order chi connectivity index (χ0) is 120. The zero-order valence-corrected chi connectivity index (χ0v) is 66.8. The average Bonchev–Trinajstić information content (AvgIpc) is 1.67. The van der Waals surface area contributed by atoms with E-state index in [0.717, 1.165) is 16.7 Å². The van der Waals surface area contributed by atoms with Gasteiger partial charge in [0.25, 0.3) is 11.8 Å². The average molecular weight is 2300 g/mol. The predicted molar refractivity (Wildman–Crippen MR) is 345 cm³/mol. The molecule has 3 N–H and O–H groups in total. The Hall–Kier alpha value is -14.3. The number of nitrogens with one attached hydrogen (secondary N) is 3. The number of imidazole rings is 2. The molecule has 2 aromatic carbocycles. The van der Waals surface area contributed by atoms with Crippen LogP contribution in [0.2, 0.25) is 0 Å². The van der Waals surface area contributed by atoms with Gasteiger partial charge in [-0.25, -0.2) is 27.5 Å². The number of pyridine rings is 2. The fourth-order valence-corrected chi connectivity index (χ4v) is 8.09. The van der Waals surface area contributed by atoms with Crippen molar-refractivity contribution in [1.82, 2.24) is 54.5 Å². The molecular formula is C52H47F69N16O6. The van der Waals surface area contributed by atoms with Crippen molar-refractivity contribution < 1.29 is 343 Å². The summed E-state index contributed by atoms with van der Waals surface area (Å²) in [5.41, 5.74) is 15.3. The number of alkyl halides is 4. The number of terminal acetylenes is 1. The summed E-state index contributed by atoms with van der Waals surface area (Å²) in [5.74, 6) is -3.77. The second-order valence-electron chi connectivity index (χ2n) is 19.4. The Labute approximate surface area is 738 Å². The molecule has 2 amide bonds. The minimum atomic E-state index is -2.67. The van der Waals surface area contributed by atoms with E-state index in [1.54, 1.807) is 84.6 Å². The van der Waals surface area contributed by atoms with Crippen molar-refractivity contribution in [2.45, 2.75) is 84.0 Å². The number of amides is 2. The van der Waals surface area contributed by atoms with E-state index in [4.69, 9.17) is 314 Å². The molecule has 9 aromatic rings. The highest BCUT2D eigenvalue weighted by Crippen LogP contribution is 2.49. The molecule has 0 bridgehead atoms. The number of nitrogens with zero attached hydrogens (tertiary/aromatic N) is 13. The summed E-state index contributed by atoms with van der Waals surface area (Å²) in [6.07, 6.45) is 12.3. The molecule has 0 saturated heterocycles. The van der Waals surface area contributed by atoms with Crippen LogP contribution in [0.4, 0.5) is 326 Å². The van der Waals surface area contributed by atoms with Gasteiger partial charge in [-0.2, -0.15) is 25.4 Å². The Morgan fingerprint density at radius 2 is 0.720 bits per heavy atom. The molecule has 2 aliphatic rings. The third-order valence-electron chi connectivity index (χ3n) is 12.5. The van der Waals surface area contributed by atoms with Gasteiger partial charge in [-0.3, -0.25) is 27.9 Å². The first-order chi connectivity index (χ1) is 69.2. The van der Waals surface area contributed by atoms with E-state index in [2.05, 4.69) is 77.0 Å². The first-order valence-electron chi connectivity index (χ1n) is 28.5. The molecule has 0 radical (unpaired) electrons. The van der Waals surface area contributed by atoms with Crippen LogP contribution in [0.15, 0.2) is 106 Å². The van der Waals surface area contributed by atoms with Crippen LogP contribution in [0.3, 0.4) is 0 Å². The number of hydrogen-bond acceptors (Lipinski definition) is 15. The molecule has 854 valence electrons. The fraction of sp³-hybridized carbons (Fsp3) is 0.288. The highest BCUT2D eigenvalue weighted by Gasteiger charge is 2.49. The molecule has 91 heteroatoms. The van der Waals surface area contributed by atoms with Crippen LogP contribution in [-0.2, 0) is 9.53 Å². The number of aromatic nitrogens is 11. The molecule has 7 heterocycles. The quantitative estimate of drug-likeness (QED) is 0.0271. The van der Waals surface area contributed by atoms with Crippen molar-refractivity contribution in [2.24, 2.45) is 10.5 Å². The lowest BCUT2D eigenvalue weighted by Gasteiger charge is -2.31. The van der Waals surface area contributed by atoms with Crippen LogP contribution in [0, 0.1) is 31.6 Å². The molecule has 22 nitrogen and oxygen atoms in total. The summed E-state index contributed by atoms with van der Waals surface area (Å²) < 4.78 is 583. The van der Waals surface area contributed by atoms with Gasteiger partial charge in [0, 0.05) is 381 Å². The number of benzene rings is 2. The molecule has 2 aliphatic carbocycles. The number of ether oxygens (including phenoxy) is 1. The number of azide groups is 1. The molecule has 2 fully saturated rings. The number of carbonyl (C=O) groups is 3. The number of H-pyrrole nitrogens is 1. The van der Waals surface area contributed by atoms with E-state index >= 15 is 0 Å². The molecule has 11 rings (SSSR count). The Morgan fingerprint density at radius 1 is 0.441 bits per heavy atom. The monoisotopic (exact) mass is 2300 g/mol. The molecule has 0 atom stereocenters. The Balaban J connectivity index is -0.0000000512. The van der Waals surface area contributed by atoms with Crippen molar-refractivity contribution in [3.8, 4) is 46.4 Å². The molecule has 2 saturated carbocycles. The second kappa shape index (κ2) is 161. The van der Waals surface area contributed by atoms with Crippen LogP contribution < -0.4 is 10.6 Å². The number of esters is 1. The smallest absolute Gasteiger partial charge is 0.311 e. The number of anilines is 2. The Bertz CT molecular complexity index is 3910. The van der Waals surface area contributed by atoms with Crippen LogP contribution in [-0.4, -0.2) is 90.8 Å². The highest BCUT2D eigenvalue weighted by atomic mass is 20.1.